The van der Waals surface area contributed by atoms with Gasteiger partial charge in [0.1, 0.15) is 5.75 Å². The van der Waals surface area contributed by atoms with Gasteiger partial charge in [0.25, 0.3) is 15.9 Å². The normalized spacial score (nSPS) is 11.8. The third-order valence-electron chi connectivity index (χ3n) is 4.54. The van der Waals surface area contributed by atoms with Crippen molar-refractivity contribution in [2.45, 2.75) is 45.4 Å². The summed E-state index contributed by atoms with van der Waals surface area (Å²) >= 11 is 0. The SMILES string of the molecule is CCOc1ccc(S(=O)(=O)Nc2ccc(C(=O)N/N=C/C=C(\C)CCC=C(C)C)cc2)cc1. The van der Waals surface area contributed by atoms with E-state index in [2.05, 4.69) is 35.2 Å². The number of anilines is 1. The Bertz CT molecular complexity index is 1110. The van der Waals surface area contributed by atoms with Crippen molar-refractivity contribution in [3.63, 3.8) is 0 Å². The molecule has 0 aromatic heterocycles. The second-order valence-corrected chi connectivity index (χ2v) is 9.32. The molecule has 0 aliphatic rings. The number of nitrogens with one attached hydrogen (secondary N) is 2. The fourth-order valence-electron chi connectivity index (χ4n) is 2.78. The molecule has 0 saturated heterocycles. The first-order valence-electron chi connectivity index (χ1n) is 10.7. The number of amides is 1. The van der Waals surface area contributed by atoms with E-state index >= 15 is 0 Å². The molecule has 33 heavy (non-hydrogen) atoms. The number of nitrogens with zero attached hydrogens (tertiary/aromatic N) is 1. The summed E-state index contributed by atoms with van der Waals surface area (Å²) in [7, 11) is -3.76. The summed E-state index contributed by atoms with van der Waals surface area (Å²) < 4.78 is 32.9. The van der Waals surface area contributed by atoms with Crippen molar-refractivity contribution in [1.29, 1.82) is 0 Å². The molecule has 0 radical (unpaired) electrons. The van der Waals surface area contributed by atoms with Gasteiger partial charge in [0.05, 0.1) is 11.5 Å². The second kappa shape index (κ2) is 12.6. The van der Waals surface area contributed by atoms with E-state index in [0.717, 1.165) is 18.4 Å². The molecule has 7 nitrogen and oxygen atoms in total. The van der Waals surface area contributed by atoms with Crippen molar-refractivity contribution in [1.82, 2.24) is 5.43 Å². The summed E-state index contributed by atoms with van der Waals surface area (Å²) in [5.41, 5.74) is 5.62. The van der Waals surface area contributed by atoms with E-state index in [-0.39, 0.29) is 10.8 Å². The van der Waals surface area contributed by atoms with E-state index in [1.54, 1.807) is 18.3 Å². The smallest absolute Gasteiger partial charge is 0.271 e. The highest BCUT2D eigenvalue weighted by Gasteiger charge is 2.14. The van der Waals surface area contributed by atoms with Crippen LogP contribution in [0.2, 0.25) is 0 Å². The van der Waals surface area contributed by atoms with Gasteiger partial charge in [-0.1, -0.05) is 17.2 Å². The third-order valence-corrected chi connectivity index (χ3v) is 5.93. The molecular formula is C25H31N3O4S. The minimum absolute atomic E-state index is 0.117. The van der Waals surface area contributed by atoms with Gasteiger partial charge in [-0.2, -0.15) is 5.10 Å². The molecule has 0 atom stereocenters. The molecule has 1 amide bonds. The molecule has 2 N–H and O–H groups in total. The van der Waals surface area contributed by atoms with E-state index in [1.165, 1.54) is 42.0 Å². The van der Waals surface area contributed by atoms with E-state index < -0.39 is 10.0 Å². The highest BCUT2D eigenvalue weighted by atomic mass is 32.2. The standard InChI is InChI=1S/C25H31N3O4S/c1-5-32-23-13-15-24(16-14-23)33(30,31)28-22-11-9-21(10-12-22)25(29)27-26-18-17-20(4)8-6-7-19(2)3/h7,9-18,28H,5-6,8H2,1-4H3,(H,27,29)/b20-17+,26-18+. The van der Waals surface area contributed by atoms with Crippen molar-refractivity contribution < 1.29 is 17.9 Å². The Morgan fingerprint density at radius 1 is 1.03 bits per heavy atom. The number of hydrazone groups is 1. The average Bonchev–Trinajstić information content (AvgIpc) is 2.77. The molecule has 2 aromatic rings. The topological polar surface area (TPSA) is 96.9 Å². The van der Waals surface area contributed by atoms with Crippen LogP contribution in [-0.4, -0.2) is 27.1 Å². The number of hydrogen-bond acceptors (Lipinski definition) is 5. The van der Waals surface area contributed by atoms with Crippen LogP contribution >= 0.6 is 0 Å². The molecule has 8 heteroatoms. The Balaban J connectivity index is 1.92. The second-order valence-electron chi connectivity index (χ2n) is 7.64. The van der Waals surface area contributed by atoms with Crippen molar-refractivity contribution in [3.8, 4) is 5.75 Å². The number of ether oxygens (including phenoxy) is 1. The number of hydrogen-bond donors (Lipinski definition) is 2. The zero-order valence-corrected chi connectivity index (χ0v) is 20.3. The molecule has 0 aliphatic heterocycles. The van der Waals surface area contributed by atoms with Gasteiger partial charge >= 0.3 is 0 Å². The minimum atomic E-state index is -3.76. The van der Waals surface area contributed by atoms with Gasteiger partial charge in [-0.3, -0.25) is 9.52 Å². The number of allylic oxidation sites excluding steroid dienone is 4. The largest absolute Gasteiger partial charge is 0.494 e. The number of carbonyl (C=O) groups excluding carboxylic acids is 1. The third kappa shape index (κ3) is 8.94. The van der Waals surface area contributed by atoms with Crippen LogP contribution in [0.25, 0.3) is 0 Å². The molecule has 0 heterocycles. The van der Waals surface area contributed by atoms with E-state index in [1.807, 2.05) is 19.9 Å². The van der Waals surface area contributed by atoms with Crippen molar-refractivity contribution in [2.75, 3.05) is 11.3 Å². The van der Waals surface area contributed by atoms with Crippen LogP contribution in [0.15, 0.2) is 81.8 Å². The lowest BCUT2D eigenvalue weighted by atomic mass is 10.1. The van der Waals surface area contributed by atoms with Crippen LogP contribution < -0.4 is 14.9 Å². The molecule has 2 aromatic carbocycles. The maximum Gasteiger partial charge on any atom is 0.271 e. The fraction of sp³-hybridized carbons (Fsp3) is 0.280. The fourth-order valence-corrected chi connectivity index (χ4v) is 3.84. The van der Waals surface area contributed by atoms with Gasteiger partial charge in [-0.15, -0.1) is 0 Å². The summed E-state index contributed by atoms with van der Waals surface area (Å²) in [5, 5.41) is 3.93. The molecule has 176 valence electrons. The zero-order chi connectivity index (χ0) is 24.3. The molecular weight excluding hydrogens is 438 g/mol. The Kier molecular flexibility index (Phi) is 9.87. The molecule has 0 bridgehead atoms. The first-order valence-corrected chi connectivity index (χ1v) is 12.2. The number of carbonyl (C=O) groups is 1. The molecule has 0 unspecified atom stereocenters. The van der Waals surface area contributed by atoms with Crippen LogP contribution in [0, 0.1) is 0 Å². The van der Waals surface area contributed by atoms with Crippen LogP contribution in [0.4, 0.5) is 5.69 Å². The number of rotatable bonds is 11. The Morgan fingerprint density at radius 2 is 1.70 bits per heavy atom. The molecule has 0 fully saturated rings. The summed E-state index contributed by atoms with van der Waals surface area (Å²) in [6.07, 6.45) is 7.49. The van der Waals surface area contributed by atoms with Crippen LogP contribution in [0.3, 0.4) is 0 Å². The first-order chi connectivity index (χ1) is 15.7. The van der Waals surface area contributed by atoms with E-state index in [4.69, 9.17) is 4.74 Å². The summed E-state index contributed by atoms with van der Waals surface area (Å²) in [5.74, 6) is 0.214. The number of sulfonamides is 1. The predicted octanol–water partition coefficient (Wildman–Crippen LogP) is 5.29. The van der Waals surface area contributed by atoms with Crippen molar-refractivity contribution in [3.05, 3.63) is 77.4 Å². The van der Waals surface area contributed by atoms with E-state index in [0.29, 0.717) is 23.6 Å². The van der Waals surface area contributed by atoms with Gasteiger partial charge in [-0.05, 0) is 95.1 Å². The maximum absolute atomic E-state index is 12.6. The maximum atomic E-state index is 12.6. The van der Waals surface area contributed by atoms with Crippen LogP contribution in [-0.2, 0) is 10.0 Å². The van der Waals surface area contributed by atoms with Gasteiger partial charge in [0, 0.05) is 17.5 Å². The lowest BCUT2D eigenvalue weighted by Crippen LogP contribution is -2.17. The summed E-state index contributed by atoms with van der Waals surface area (Å²) in [6.45, 7) is 8.51. The van der Waals surface area contributed by atoms with Gasteiger partial charge in [0.15, 0.2) is 0 Å². The van der Waals surface area contributed by atoms with Crippen LogP contribution in [0.5, 0.6) is 5.75 Å². The Hall–Kier alpha value is -3.39. The molecule has 2 rings (SSSR count). The Morgan fingerprint density at radius 3 is 2.30 bits per heavy atom. The average molecular weight is 470 g/mol. The van der Waals surface area contributed by atoms with Crippen molar-refractivity contribution in [2.24, 2.45) is 5.10 Å². The Labute approximate surface area is 196 Å². The van der Waals surface area contributed by atoms with Gasteiger partial charge in [-0.25, -0.2) is 13.8 Å². The lowest BCUT2D eigenvalue weighted by molar-refractivity contribution is 0.0955. The van der Waals surface area contributed by atoms with E-state index in [9.17, 15) is 13.2 Å². The van der Waals surface area contributed by atoms with Crippen molar-refractivity contribution >= 4 is 27.8 Å². The summed E-state index contributed by atoms with van der Waals surface area (Å²) in [4.78, 5) is 12.4. The molecule has 0 aliphatic carbocycles. The van der Waals surface area contributed by atoms with Gasteiger partial charge in [0.2, 0.25) is 0 Å². The number of benzene rings is 2. The minimum Gasteiger partial charge on any atom is -0.494 e. The quantitative estimate of drug-likeness (QED) is 0.265. The lowest BCUT2D eigenvalue weighted by Gasteiger charge is -2.09. The van der Waals surface area contributed by atoms with Gasteiger partial charge < -0.3 is 4.74 Å². The highest BCUT2D eigenvalue weighted by Crippen LogP contribution is 2.19. The monoisotopic (exact) mass is 469 g/mol. The zero-order valence-electron chi connectivity index (χ0n) is 19.5. The van der Waals surface area contributed by atoms with Crippen LogP contribution in [0.1, 0.15) is 50.9 Å². The highest BCUT2D eigenvalue weighted by molar-refractivity contribution is 7.92. The summed E-state index contributed by atoms with van der Waals surface area (Å²) in [6, 6.07) is 12.3. The molecule has 0 spiro atoms. The first kappa shape index (κ1) is 25.9. The predicted molar refractivity (Wildman–Crippen MR) is 133 cm³/mol. The molecule has 0 saturated carbocycles.